The van der Waals surface area contributed by atoms with Crippen LogP contribution < -0.4 is 15.5 Å². The fraction of sp³-hybridized carbons (Fsp3) is 0.480. The Morgan fingerprint density at radius 1 is 1.19 bits per heavy atom. The van der Waals surface area contributed by atoms with E-state index < -0.39 is 11.9 Å². The van der Waals surface area contributed by atoms with Gasteiger partial charge >= 0.3 is 0 Å². The maximum absolute atomic E-state index is 12.5. The molecule has 2 saturated heterocycles. The lowest BCUT2D eigenvalue weighted by Crippen LogP contribution is -2.48. The normalized spacial score (nSPS) is 23.1. The standard InChI is InChI=1S/C25H32Cl2FN5O3/c1-18(2)31-9-11-32(12-10-31)20-4-6-21(7-5-20)34-14-22-15-35-25(36-22,16-33(29)17-30-28)23-8-3-19(26)13-24(23)27/h3-8,13,17-18,22H,9-12,14-16,29H2,1-2H3/t22-,25-/m0/s1. The monoisotopic (exact) mass is 539 g/mol. The Bertz CT molecular complexity index is 1040. The van der Waals surface area contributed by atoms with E-state index in [1.165, 1.54) is 5.69 Å². The molecule has 0 aromatic heterocycles. The van der Waals surface area contributed by atoms with Gasteiger partial charge in [0.15, 0.2) is 0 Å². The van der Waals surface area contributed by atoms with Crippen LogP contribution >= 0.6 is 23.2 Å². The third-order valence-corrected chi connectivity index (χ3v) is 7.01. The number of halogens is 3. The van der Waals surface area contributed by atoms with Gasteiger partial charge in [0.05, 0.1) is 18.2 Å². The van der Waals surface area contributed by atoms with E-state index in [-0.39, 0.29) is 19.8 Å². The van der Waals surface area contributed by atoms with Gasteiger partial charge in [0.25, 0.3) is 0 Å². The summed E-state index contributed by atoms with van der Waals surface area (Å²) in [6, 6.07) is 13.6. The summed E-state index contributed by atoms with van der Waals surface area (Å²) in [6.07, 6.45) is 0.433. The lowest BCUT2D eigenvalue weighted by Gasteiger charge is -2.38. The molecule has 0 amide bonds. The predicted molar refractivity (Wildman–Crippen MR) is 140 cm³/mol. The predicted octanol–water partition coefficient (Wildman–Crippen LogP) is 4.26. The van der Waals surface area contributed by atoms with Crippen molar-refractivity contribution >= 4 is 35.2 Å². The number of nitrogens with zero attached hydrogens (tertiary/aromatic N) is 4. The van der Waals surface area contributed by atoms with Crippen molar-refractivity contribution < 1.29 is 18.7 Å². The summed E-state index contributed by atoms with van der Waals surface area (Å²) < 4.78 is 30.7. The van der Waals surface area contributed by atoms with Gasteiger partial charge in [-0.2, -0.15) is 0 Å². The van der Waals surface area contributed by atoms with Crippen LogP contribution in [-0.2, 0) is 15.3 Å². The SMILES string of the molecule is CC(C)N1CCN(c2ccc(OC[C@H]3CO[C@](CN(N)C=NF)(c4ccc(Cl)cc4Cl)O3)cc2)CC1. The topological polar surface area (TPSA) is 75.8 Å². The molecule has 2 heterocycles. The second-order valence-corrected chi connectivity index (χ2v) is 10.1. The zero-order valence-corrected chi connectivity index (χ0v) is 22.0. The molecule has 36 heavy (non-hydrogen) atoms. The van der Waals surface area contributed by atoms with Gasteiger partial charge in [-0.3, -0.25) is 9.91 Å². The molecule has 0 bridgehead atoms. The highest BCUT2D eigenvalue weighted by Crippen LogP contribution is 2.39. The van der Waals surface area contributed by atoms with E-state index in [9.17, 15) is 4.48 Å². The van der Waals surface area contributed by atoms with Crippen molar-refractivity contribution in [3.8, 4) is 5.75 Å². The number of hydrogen-bond acceptors (Lipinski definition) is 7. The van der Waals surface area contributed by atoms with E-state index in [1.807, 2.05) is 12.1 Å². The molecule has 2 fully saturated rings. The molecule has 0 unspecified atom stereocenters. The molecular weight excluding hydrogens is 508 g/mol. The minimum absolute atomic E-state index is 0.0446. The van der Waals surface area contributed by atoms with Gasteiger partial charge in [0.2, 0.25) is 5.79 Å². The van der Waals surface area contributed by atoms with Crippen LogP contribution in [0.2, 0.25) is 10.0 Å². The molecule has 196 valence electrons. The fourth-order valence-electron chi connectivity index (χ4n) is 4.53. The van der Waals surface area contributed by atoms with Gasteiger partial charge in [-0.05, 0) is 50.2 Å². The summed E-state index contributed by atoms with van der Waals surface area (Å²) in [5.74, 6) is 5.24. The number of piperazine rings is 1. The number of rotatable bonds is 9. The first-order valence-electron chi connectivity index (χ1n) is 11.9. The Balaban J connectivity index is 1.37. The molecule has 4 rings (SSSR count). The molecule has 2 atom stereocenters. The molecule has 0 aliphatic carbocycles. The molecule has 8 nitrogen and oxygen atoms in total. The summed E-state index contributed by atoms with van der Waals surface area (Å²) in [7, 11) is 0. The van der Waals surface area contributed by atoms with Crippen LogP contribution in [0.1, 0.15) is 19.4 Å². The number of hydrazine groups is 1. The Morgan fingerprint density at radius 3 is 2.56 bits per heavy atom. The molecule has 0 saturated carbocycles. The second-order valence-electron chi connectivity index (χ2n) is 9.24. The van der Waals surface area contributed by atoms with Gasteiger partial charge in [-0.1, -0.05) is 39.0 Å². The molecular formula is C25H32Cl2FN5O3. The summed E-state index contributed by atoms with van der Waals surface area (Å²) >= 11 is 12.5. The van der Waals surface area contributed by atoms with Crippen LogP contribution in [0.3, 0.4) is 0 Å². The Kier molecular flexibility index (Phi) is 8.92. The van der Waals surface area contributed by atoms with Crippen molar-refractivity contribution in [3.05, 3.63) is 58.1 Å². The Labute approximate surface area is 221 Å². The van der Waals surface area contributed by atoms with Crippen LogP contribution in [0.4, 0.5) is 10.2 Å². The van der Waals surface area contributed by atoms with E-state index in [4.69, 9.17) is 43.3 Å². The highest BCUT2D eigenvalue weighted by atomic mass is 35.5. The zero-order chi connectivity index (χ0) is 25.7. The second kappa shape index (κ2) is 11.9. The number of benzene rings is 2. The van der Waals surface area contributed by atoms with Gasteiger partial charge in [-0.15, -0.1) is 0 Å². The van der Waals surface area contributed by atoms with Crippen molar-refractivity contribution in [1.82, 2.24) is 9.91 Å². The number of ether oxygens (including phenoxy) is 3. The van der Waals surface area contributed by atoms with E-state index in [1.54, 1.807) is 18.2 Å². The van der Waals surface area contributed by atoms with Crippen molar-refractivity contribution in [1.29, 1.82) is 0 Å². The molecule has 2 aromatic rings. The van der Waals surface area contributed by atoms with Crippen LogP contribution in [0.15, 0.2) is 47.7 Å². The maximum Gasteiger partial charge on any atom is 0.216 e. The van der Waals surface area contributed by atoms with Crippen LogP contribution in [-0.4, -0.2) is 74.3 Å². The van der Waals surface area contributed by atoms with Gasteiger partial charge in [-0.25, -0.2) is 5.84 Å². The fourth-order valence-corrected chi connectivity index (χ4v) is 5.08. The van der Waals surface area contributed by atoms with E-state index in [0.29, 0.717) is 21.7 Å². The summed E-state index contributed by atoms with van der Waals surface area (Å²) in [6.45, 7) is 9.05. The van der Waals surface area contributed by atoms with E-state index in [0.717, 1.165) is 43.3 Å². The minimum atomic E-state index is -1.34. The van der Waals surface area contributed by atoms with Crippen molar-refractivity contribution in [3.63, 3.8) is 0 Å². The first kappa shape index (κ1) is 26.9. The number of anilines is 1. The van der Waals surface area contributed by atoms with Gasteiger partial charge < -0.3 is 19.1 Å². The maximum atomic E-state index is 12.5. The Morgan fingerprint density at radius 2 is 1.92 bits per heavy atom. The average Bonchev–Trinajstić information content (AvgIpc) is 3.26. The highest BCUT2D eigenvalue weighted by molar-refractivity contribution is 6.35. The van der Waals surface area contributed by atoms with Crippen LogP contribution in [0.5, 0.6) is 5.75 Å². The van der Waals surface area contributed by atoms with E-state index >= 15 is 0 Å². The zero-order valence-electron chi connectivity index (χ0n) is 20.4. The third-order valence-electron chi connectivity index (χ3n) is 6.47. The minimum Gasteiger partial charge on any atom is -0.491 e. The highest BCUT2D eigenvalue weighted by Gasteiger charge is 2.46. The molecule has 11 heteroatoms. The molecule has 0 spiro atoms. The van der Waals surface area contributed by atoms with Crippen molar-refractivity contribution in [2.45, 2.75) is 31.8 Å². The molecule has 2 aliphatic rings. The van der Waals surface area contributed by atoms with Gasteiger partial charge in [0, 0.05) is 48.5 Å². The molecule has 0 radical (unpaired) electrons. The Hall–Kier alpha value is -2.14. The summed E-state index contributed by atoms with van der Waals surface area (Å²) in [4.78, 5) is 4.88. The molecule has 2 aromatic carbocycles. The average molecular weight is 540 g/mol. The van der Waals surface area contributed by atoms with E-state index in [2.05, 4.69) is 41.0 Å². The summed E-state index contributed by atoms with van der Waals surface area (Å²) in [5, 5.41) is 4.32. The number of hydrogen-bond donors (Lipinski definition) is 1. The van der Waals surface area contributed by atoms with Gasteiger partial charge in [0.1, 0.15) is 24.8 Å². The smallest absolute Gasteiger partial charge is 0.216 e. The number of nitrogens with two attached hydrogens (primary N) is 1. The quantitative estimate of drug-likeness (QED) is 0.221. The lowest BCUT2D eigenvalue weighted by atomic mass is 10.1. The van der Waals surface area contributed by atoms with Crippen molar-refractivity contribution in [2.75, 3.05) is 50.8 Å². The third kappa shape index (κ3) is 6.40. The largest absolute Gasteiger partial charge is 0.491 e. The molecule has 2 aliphatic heterocycles. The molecule has 2 N–H and O–H groups in total. The summed E-state index contributed by atoms with van der Waals surface area (Å²) in [5.41, 5.74) is 1.71. The van der Waals surface area contributed by atoms with Crippen LogP contribution in [0, 0.1) is 0 Å². The van der Waals surface area contributed by atoms with Crippen LogP contribution in [0.25, 0.3) is 0 Å². The first-order valence-corrected chi connectivity index (χ1v) is 12.7. The first-order chi connectivity index (χ1) is 17.3. The van der Waals surface area contributed by atoms with Crippen molar-refractivity contribution in [2.24, 2.45) is 11.1 Å². The lowest BCUT2D eigenvalue weighted by molar-refractivity contribution is -0.185.